The normalized spacial score (nSPS) is 11.0. The number of hydrogen-bond donors (Lipinski definition) is 0. The van der Waals surface area contributed by atoms with Crippen LogP contribution in [-0.4, -0.2) is 33.0 Å². The highest BCUT2D eigenvalue weighted by molar-refractivity contribution is 7.66. The lowest BCUT2D eigenvalue weighted by Crippen LogP contribution is -2.07. The highest BCUT2D eigenvalue weighted by atomic mass is 31.1. The smallest absolute Gasteiger partial charge is 0.193 e. The van der Waals surface area contributed by atoms with E-state index in [0.29, 0.717) is 22.8 Å². The zero-order valence-electron chi connectivity index (χ0n) is 15.1. The van der Waals surface area contributed by atoms with Crippen LogP contribution in [0.15, 0.2) is 36.4 Å². The number of rotatable bonds is 8. The number of methoxy groups -OCH3 is 3. The van der Waals surface area contributed by atoms with E-state index in [9.17, 15) is 4.79 Å². The Bertz CT molecular complexity index is 700. The molecule has 1 unspecified atom stereocenters. The summed E-state index contributed by atoms with van der Waals surface area (Å²) in [6.45, 7) is 3.95. The van der Waals surface area contributed by atoms with Gasteiger partial charge in [0.1, 0.15) is 28.6 Å². The van der Waals surface area contributed by atoms with Crippen molar-refractivity contribution >= 4 is 19.4 Å². The Labute approximate surface area is 150 Å². The summed E-state index contributed by atoms with van der Waals surface area (Å²) in [5, 5.41) is 0.918. The molecule has 0 bridgehead atoms. The maximum Gasteiger partial charge on any atom is 0.193 e. The third-order valence-electron chi connectivity index (χ3n) is 3.43. The first-order chi connectivity index (χ1) is 12.0. The maximum absolute atomic E-state index is 12.8. The second-order valence-electron chi connectivity index (χ2n) is 5.55. The lowest BCUT2D eigenvalue weighted by Gasteiger charge is -2.14. The van der Waals surface area contributed by atoms with Gasteiger partial charge in [-0.05, 0) is 39.9 Å². The van der Waals surface area contributed by atoms with Gasteiger partial charge in [0.15, 0.2) is 5.52 Å². The topological polar surface area (TPSA) is 54.0 Å². The van der Waals surface area contributed by atoms with Crippen molar-refractivity contribution < 1.29 is 23.7 Å². The van der Waals surface area contributed by atoms with Crippen molar-refractivity contribution in [3.63, 3.8) is 0 Å². The summed E-state index contributed by atoms with van der Waals surface area (Å²) in [5.41, 5.74) is 0.362. The molecule has 0 radical (unpaired) electrons. The quantitative estimate of drug-likeness (QED) is 0.671. The molecular weight excluding hydrogens is 339 g/mol. The van der Waals surface area contributed by atoms with Gasteiger partial charge in [-0.3, -0.25) is 4.79 Å². The van der Waals surface area contributed by atoms with Gasteiger partial charge in [0.25, 0.3) is 0 Å². The van der Waals surface area contributed by atoms with Crippen molar-refractivity contribution in [2.75, 3.05) is 21.3 Å². The summed E-state index contributed by atoms with van der Waals surface area (Å²) < 4.78 is 21.5. The molecule has 0 spiro atoms. The van der Waals surface area contributed by atoms with E-state index in [1.807, 2.05) is 38.1 Å². The van der Waals surface area contributed by atoms with E-state index >= 15 is 0 Å². The Morgan fingerprint density at radius 3 is 1.88 bits per heavy atom. The van der Waals surface area contributed by atoms with Crippen LogP contribution in [0.5, 0.6) is 23.0 Å². The summed E-state index contributed by atoms with van der Waals surface area (Å²) in [7, 11) is 4.54. The molecule has 0 fully saturated rings. The summed E-state index contributed by atoms with van der Waals surface area (Å²) in [4.78, 5) is 12.8. The average molecular weight is 362 g/mol. The van der Waals surface area contributed by atoms with Gasteiger partial charge in [0, 0.05) is 12.1 Å². The average Bonchev–Trinajstić information content (AvgIpc) is 2.61. The first kappa shape index (κ1) is 19.1. The SMILES string of the molecule is COc1cc(OC)c(C(=O)Pc2ccc(OC(C)C)cc2)c(OC)c1. The maximum atomic E-state index is 12.8. The van der Waals surface area contributed by atoms with Crippen molar-refractivity contribution in [2.45, 2.75) is 20.0 Å². The number of hydrogen-bond acceptors (Lipinski definition) is 5. The molecule has 0 saturated carbocycles. The number of ether oxygens (including phenoxy) is 4. The highest BCUT2D eigenvalue weighted by Gasteiger charge is 2.20. The molecule has 2 aromatic carbocycles. The van der Waals surface area contributed by atoms with Crippen molar-refractivity contribution in [1.82, 2.24) is 0 Å². The van der Waals surface area contributed by atoms with Gasteiger partial charge in [-0.1, -0.05) is 12.1 Å². The fraction of sp³-hybridized carbons (Fsp3) is 0.316. The molecule has 0 aliphatic carbocycles. The Morgan fingerprint density at radius 2 is 1.44 bits per heavy atom. The second-order valence-corrected chi connectivity index (χ2v) is 6.83. The predicted molar refractivity (Wildman–Crippen MR) is 101 cm³/mol. The minimum absolute atomic E-state index is 0.0510. The molecule has 5 nitrogen and oxygen atoms in total. The van der Waals surface area contributed by atoms with Crippen molar-refractivity contribution in [3.05, 3.63) is 42.0 Å². The number of benzene rings is 2. The molecule has 134 valence electrons. The summed E-state index contributed by atoms with van der Waals surface area (Å²) in [5.74, 6) is 2.24. The van der Waals surface area contributed by atoms with Crippen LogP contribution >= 0.6 is 8.58 Å². The van der Waals surface area contributed by atoms with Crippen LogP contribution in [0, 0.1) is 0 Å². The molecule has 0 aromatic heterocycles. The molecule has 0 N–H and O–H groups in total. The molecule has 2 rings (SSSR count). The molecule has 0 saturated heterocycles. The van der Waals surface area contributed by atoms with Gasteiger partial charge < -0.3 is 18.9 Å². The van der Waals surface area contributed by atoms with E-state index in [-0.39, 0.29) is 20.2 Å². The van der Waals surface area contributed by atoms with E-state index in [1.165, 1.54) is 14.2 Å². The van der Waals surface area contributed by atoms with Crippen molar-refractivity contribution in [3.8, 4) is 23.0 Å². The van der Waals surface area contributed by atoms with Crippen LogP contribution in [-0.2, 0) is 0 Å². The first-order valence-corrected chi connectivity index (χ1v) is 8.86. The van der Waals surface area contributed by atoms with Gasteiger partial charge in [0.2, 0.25) is 0 Å². The molecule has 0 amide bonds. The van der Waals surface area contributed by atoms with Crippen LogP contribution in [0.25, 0.3) is 0 Å². The zero-order valence-corrected chi connectivity index (χ0v) is 16.1. The largest absolute Gasteiger partial charge is 0.496 e. The van der Waals surface area contributed by atoms with E-state index < -0.39 is 0 Å². The Morgan fingerprint density at radius 1 is 0.880 bits per heavy atom. The standard InChI is InChI=1S/C19H23O5P/c1-12(2)24-13-6-8-15(9-7-13)25-19(20)18-16(22-4)10-14(21-3)11-17(18)23-5/h6-12,25H,1-5H3. The van der Waals surface area contributed by atoms with Gasteiger partial charge in [-0.2, -0.15) is 0 Å². The third kappa shape index (κ3) is 4.86. The van der Waals surface area contributed by atoms with Crippen LogP contribution in [0.3, 0.4) is 0 Å². The van der Waals surface area contributed by atoms with Crippen molar-refractivity contribution in [1.29, 1.82) is 0 Å². The third-order valence-corrected chi connectivity index (χ3v) is 4.53. The van der Waals surface area contributed by atoms with Crippen LogP contribution in [0.1, 0.15) is 24.2 Å². The second kappa shape index (κ2) is 8.72. The van der Waals surface area contributed by atoms with Gasteiger partial charge in [-0.15, -0.1) is 0 Å². The van der Waals surface area contributed by atoms with Crippen LogP contribution in [0.2, 0.25) is 0 Å². The fourth-order valence-corrected chi connectivity index (χ4v) is 3.28. The molecule has 0 aliphatic rings. The fourth-order valence-electron chi connectivity index (χ4n) is 2.31. The van der Waals surface area contributed by atoms with Gasteiger partial charge >= 0.3 is 0 Å². The van der Waals surface area contributed by atoms with E-state index in [0.717, 1.165) is 11.1 Å². The first-order valence-electron chi connectivity index (χ1n) is 7.86. The lowest BCUT2D eigenvalue weighted by atomic mass is 10.2. The summed E-state index contributed by atoms with van der Waals surface area (Å²) >= 11 is 0. The Hall–Kier alpha value is -2.26. The monoisotopic (exact) mass is 362 g/mol. The summed E-state index contributed by atoms with van der Waals surface area (Å²) in [6.07, 6.45) is 0.114. The van der Waals surface area contributed by atoms with E-state index in [4.69, 9.17) is 18.9 Å². The minimum Gasteiger partial charge on any atom is -0.496 e. The lowest BCUT2D eigenvalue weighted by molar-refractivity contribution is 0.108. The van der Waals surface area contributed by atoms with E-state index in [2.05, 4.69) is 0 Å². The molecule has 25 heavy (non-hydrogen) atoms. The number of carbonyl (C=O) groups is 1. The van der Waals surface area contributed by atoms with E-state index in [1.54, 1.807) is 19.2 Å². The predicted octanol–water partition coefficient (Wildman–Crippen LogP) is 3.64. The van der Waals surface area contributed by atoms with Gasteiger partial charge in [0.05, 0.1) is 27.4 Å². The van der Waals surface area contributed by atoms with Gasteiger partial charge in [-0.25, -0.2) is 0 Å². The zero-order chi connectivity index (χ0) is 18.4. The van der Waals surface area contributed by atoms with Crippen molar-refractivity contribution in [2.24, 2.45) is 0 Å². The highest BCUT2D eigenvalue weighted by Crippen LogP contribution is 2.37. The minimum atomic E-state index is -0.0612. The number of carbonyl (C=O) groups excluding carboxylic acids is 1. The Kier molecular flexibility index (Phi) is 6.65. The molecule has 0 heterocycles. The van der Waals surface area contributed by atoms with Crippen LogP contribution in [0.4, 0.5) is 0 Å². The molecule has 6 heteroatoms. The van der Waals surface area contributed by atoms with Crippen LogP contribution < -0.4 is 24.3 Å². The molecular formula is C19H23O5P. The Balaban J connectivity index is 2.25. The molecule has 1 atom stereocenters. The molecule has 2 aromatic rings. The molecule has 0 aliphatic heterocycles. The summed E-state index contributed by atoms with van der Waals surface area (Å²) in [6, 6.07) is 10.9.